The smallest absolute Gasteiger partial charge is 0.362 e. The van der Waals surface area contributed by atoms with E-state index in [2.05, 4.69) is 5.32 Å². The van der Waals surface area contributed by atoms with Gasteiger partial charge < -0.3 is 10.2 Å². The Labute approximate surface area is 229 Å². The second-order valence-electron chi connectivity index (χ2n) is 8.58. The number of aliphatic imine (C=N–C) groups is 1. The number of benzene rings is 3. The fourth-order valence-corrected chi connectivity index (χ4v) is 5.44. The van der Waals surface area contributed by atoms with Gasteiger partial charge in [-0.2, -0.15) is 28.0 Å². The maximum atomic E-state index is 11.9. The molecule has 0 amide bonds. The second kappa shape index (κ2) is 12.0. The van der Waals surface area contributed by atoms with Crippen LogP contribution in [-0.4, -0.2) is 18.7 Å². The maximum absolute atomic E-state index is 11.9. The lowest BCUT2D eigenvalue weighted by molar-refractivity contribution is -1.94. The molecule has 3 aromatic carbocycles. The van der Waals surface area contributed by atoms with Crippen LogP contribution in [0.25, 0.3) is 0 Å². The molecule has 1 atom stereocenters. The summed E-state index contributed by atoms with van der Waals surface area (Å²) < 4.78 is 80.7. The van der Waals surface area contributed by atoms with Crippen molar-refractivity contribution >= 4 is 22.9 Å². The highest BCUT2D eigenvalue weighted by Crippen LogP contribution is 2.47. The summed E-state index contributed by atoms with van der Waals surface area (Å²) in [5.74, 6) is -4.12. The molecule has 1 saturated carbocycles. The third-order valence-electron chi connectivity index (χ3n) is 5.97. The highest BCUT2D eigenvalue weighted by Gasteiger charge is 2.71. The number of anilines is 2. The summed E-state index contributed by atoms with van der Waals surface area (Å²) in [5.41, 5.74) is 2.06. The van der Waals surface area contributed by atoms with Crippen LogP contribution in [0.15, 0.2) is 108 Å². The Morgan fingerprint density at radius 2 is 1.36 bits per heavy atom. The van der Waals surface area contributed by atoms with Gasteiger partial charge >= 0.3 is 5.79 Å². The molecule has 0 heterocycles. The summed E-state index contributed by atoms with van der Waals surface area (Å²) in [6.45, 7) is 0. The van der Waals surface area contributed by atoms with E-state index in [0.29, 0.717) is 22.6 Å². The Hall–Kier alpha value is -3.07. The number of nitrogens with one attached hydrogen (secondary N) is 1. The van der Waals surface area contributed by atoms with Crippen LogP contribution >= 0.6 is 0 Å². The summed E-state index contributed by atoms with van der Waals surface area (Å²) >= 11 is 0. The molecular weight excluding hydrogens is 553 g/mol. The van der Waals surface area contributed by atoms with E-state index >= 15 is 0 Å². The van der Waals surface area contributed by atoms with Gasteiger partial charge in [-0.15, -0.1) is 0 Å². The zero-order valence-corrected chi connectivity index (χ0v) is 22.2. The van der Waals surface area contributed by atoms with Gasteiger partial charge in [-0.1, -0.05) is 54.6 Å². The molecule has 13 heteroatoms. The number of hydrogen-bond donors (Lipinski definition) is 1. The van der Waals surface area contributed by atoms with Crippen molar-refractivity contribution in [2.24, 2.45) is 10.9 Å². The molecule has 0 aliphatic heterocycles. The fourth-order valence-electron chi connectivity index (χ4n) is 4.37. The number of rotatable bonds is 9. The van der Waals surface area contributed by atoms with E-state index in [1.807, 2.05) is 6.07 Å². The van der Waals surface area contributed by atoms with Gasteiger partial charge in [0.25, 0.3) is 0 Å². The van der Waals surface area contributed by atoms with Crippen LogP contribution in [0.1, 0.15) is 12.8 Å². The minimum Gasteiger partial charge on any atom is -0.362 e. The molecule has 0 bridgehead atoms. The molecule has 1 N–H and O–H groups in total. The van der Waals surface area contributed by atoms with Crippen molar-refractivity contribution in [3.05, 3.63) is 103 Å². The Kier molecular flexibility index (Phi) is 8.89. The van der Waals surface area contributed by atoms with E-state index in [9.17, 15) is 28.0 Å². The first-order valence-electron chi connectivity index (χ1n) is 11.6. The van der Waals surface area contributed by atoms with Crippen LogP contribution in [0.2, 0.25) is 0 Å². The van der Waals surface area contributed by atoms with Crippen molar-refractivity contribution in [2.75, 3.05) is 17.3 Å². The fraction of sp³-hybridized carbons (Fsp3) is 0.192. The Morgan fingerprint density at radius 1 is 0.846 bits per heavy atom. The quantitative estimate of drug-likeness (QED) is 0.183. The van der Waals surface area contributed by atoms with Gasteiger partial charge in [-0.3, -0.25) is 0 Å². The van der Waals surface area contributed by atoms with Gasteiger partial charge in [0.15, 0.2) is 0 Å². The van der Waals surface area contributed by atoms with Crippen molar-refractivity contribution in [3.63, 3.8) is 0 Å². The monoisotopic (exact) mass is 577 g/mol. The molecule has 1 unspecified atom stereocenters. The lowest BCUT2D eigenvalue weighted by Crippen LogP contribution is -2.71. The summed E-state index contributed by atoms with van der Waals surface area (Å²) in [4.78, 5) is 6.26. The summed E-state index contributed by atoms with van der Waals surface area (Å²) in [7, 11) is -8.86. The van der Waals surface area contributed by atoms with Crippen molar-refractivity contribution in [1.82, 2.24) is 0 Å². The van der Waals surface area contributed by atoms with Crippen molar-refractivity contribution in [2.45, 2.75) is 18.6 Å². The Bertz CT molecular complexity index is 1270. The Morgan fingerprint density at radius 3 is 1.90 bits per heavy atom. The van der Waals surface area contributed by atoms with E-state index in [4.69, 9.17) is 13.6 Å². The molecule has 1 fully saturated rings. The molecule has 3 aromatic rings. The maximum Gasteiger partial charge on any atom is 0.481 e. The molecule has 206 valence electrons. The van der Waals surface area contributed by atoms with E-state index in [1.165, 1.54) is 6.20 Å². The van der Waals surface area contributed by atoms with Crippen LogP contribution in [0.4, 0.5) is 17.1 Å². The topological polar surface area (TPSA) is 184 Å². The number of halogens is 2. The van der Waals surface area contributed by atoms with Crippen LogP contribution < -0.4 is 38.2 Å². The van der Waals surface area contributed by atoms with E-state index in [1.54, 1.807) is 96.9 Å². The average Bonchev–Trinajstić information content (AvgIpc) is 3.21. The summed E-state index contributed by atoms with van der Waals surface area (Å²) in [6, 6.07) is 26.3. The molecule has 1 aliphatic carbocycles. The highest BCUT2D eigenvalue weighted by atomic mass is 35.7. The van der Waals surface area contributed by atoms with Crippen LogP contribution in [0.3, 0.4) is 0 Å². The first kappa shape index (κ1) is 28.9. The minimum atomic E-state index is -5.24. The van der Waals surface area contributed by atoms with E-state index < -0.39 is 38.6 Å². The third-order valence-corrected chi connectivity index (χ3v) is 6.87. The molecule has 0 radical (unpaired) electrons. The van der Waals surface area contributed by atoms with Crippen molar-refractivity contribution < 1.29 is 57.0 Å². The van der Waals surface area contributed by atoms with E-state index in [-0.39, 0.29) is 12.3 Å². The standard InChI is InChI=1S/C26H25Cl2N3O8/c1-31(23-15-9-4-10-16-23)25(30-22-13-7-3-8-14-22)24-20(19-29-21-11-5-2-6-12-21)17-18-26(24,38-27(32,33)34)39-28(35,36)37/h2-16,19,24,29H,17-18H2,1H3/b20-19+,30-25?. The van der Waals surface area contributed by atoms with Gasteiger partial charge in [-0.05, 0) is 48.4 Å². The highest BCUT2D eigenvalue weighted by molar-refractivity contribution is 6.03. The number of hydrogen-bond acceptors (Lipinski definition) is 10. The molecule has 39 heavy (non-hydrogen) atoms. The van der Waals surface area contributed by atoms with Crippen molar-refractivity contribution in [1.29, 1.82) is 0 Å². The van der Waals surface area contributed by atoms with Crippen LogP contribution in [0.5, 0.6) is 0 Å². The van der Waals surface area contributed by atoms with Crippen LogP contribution in [-0.2, 0) is 8.58 Å². The molecule has 11 nitrogen and oxygen atoms in total. The normalized spacial score (nSPS) is 18.8. The second-order valence-corrected chi connectivity index (χ2v) is 10.4. The lowest BCUT2D eigenvalue weighted by atomic mass is 9.95. The molecule has 0 aromatic heterocycles. The molecule has 0 spiro atoms. The predicted molar refractivity (Wildman–Crippen MR) is 124 cm³/mol. The number of amidine groups is 1. The summed E-state index contributed by atoms with van der Waals surface area (Å²) in [5, 5.41) is 3.07. The van der Waals surface area contributed by atoms with Gasteiger partial charge in [0.05, 0.1) is 26.2 Å². The lowest BCUT2D eigenvalue weighted by Gasteiger charge is -2.32. The zero-order valence-electron chi connectivity index (χ0n) is 20.6. The number of para-hydroxylation sites is 3. The zero-order chi connectivity index (χ0) is 28.1. The molecule has 4 rings (SSSR count). The van der Waals surface area contributed by atoms with Gasteiger partial charge in [0.1, 0.15) is 20.3 Å². The molecular formula is C26H25Cl2N3O8. The first-order chi connectivity index (χ1) is 18.5. The predicted octanol–water partition coefficient (Wildman–Crippen LogP) is -1.22. The number of nitrogens with zero attached hydrogens (tertiary/aromatic N) is 2. The first-order valence-corrected chi connectivity index (χ1v) is 14.1. The van der Waals surface area contributed by atoms with Crippen LogP contribution in [0, 0.1) is 26.4 Å². The van der Waals surface area contributed by atoms with E-state index in [0.717, 1.165) is 0 Å². The average molecular weight is 578 g/mol. The van der Waals surface area contributed by atoms with Crippen molar-refractivity contribution in [3.8, 4) is 0 Å². The third kappa shape index (κ3) is 7.75. The van der Waals surface area contributed by atoms with Gasteiger partial charge in [0, 0.05) is 31.0 Å². The minimum absolute atomic E-state index is 0.00296. The van der Waals surface area contributed by atoms with Gasteiger partial charge in [0.2, 0.25) is 0 Å². The molecule has 0 saturated heterocycles. The van der Waals surface area contributed by atoms with Gasteiger partial charge in [-0.25, -0.2) is 4.99 Å². The molecule has 1 aliphatic rings. The largest absolute Gasteiger partial charge is 0.481 e. The summed E-state index contributed by atoms with van der Waals surface area (Å²) in [6.07, 6.45) is 1.06. The Balaban J connectivity index is 1.92. The SMILES string of the molecule is CN(C(=Nc1ccccc1)C1/C(=C/Nc2ccccc2)CCC1(O[Cl+3]([O-])([O-])[O-])O[Cl+3]([O-])([O-])[O-])c1ccccc1.